The molecule has 1 fully saturated rings. The summed E-state index contributed by atoms with van der Waals surface area (Å²) >= 11 is 0. The summed E-state index contributed by atoms with van der Waals surface area (Å²) in [6.45, 7) is 0.531. The molecule has 4 heteroatoms. The van der Waals surface area contributed by atoms with E-state index in [-0.39, 0.29) is 17.9 Å². The van der Waals surface area contributed by atoms with Gasteiger partial charge in [-0.1, -0.05) is 31.0 Å². The molecule has 2 atom stereocenters. The number of hydrogen-bond donors (Lipinski definition) is 2. The topological polar surface area (TPSA) is 62.2 Å². The third-order valence-electron chi connectivity index (χ3n) is 4.27. The molecule has 1 aliphatic carbocycles. The number of fused-ring (bicyclic) bond motifs is 1. The molecule has 1 heterocycles. The minimum Gasteiger partial charge on any atom is -0.393 e. The number of nitrogens with zero attached hydrogens (tertiary/aromatic N) is 1. The van der Waals surface area contributed by atoms with Crippen molar-refractivity contribution >= 4 is 16.8 Å². The van der Waals surface area contributed by atoms with Gasteiger partial charge in [0.1, 0.15) is 0 Å². The number of pyridine rings is 1. The summed E-state index contributed by atoms with van der Waals surface area (Å²) in [5.41, 5.74) is 1.32. The number of hydrogen-bond acceptors (Lipinski definition) is 3. The van der Waals surface area contributed by atoms with Crippen molar-refractivity contribution in [3.8, 4) is 0 Å². The molecular formula is C17H20N2O2. The maximum absolute atomic E-state index is 12.4. The van der Waals surface area contributed by atoms with Crippen LogP contribution in [-0.2, 0) is 0 Å². The van der Waals surface area contributed by atoms with Gasteiger partial charge in [0, 0.05) is 24.0 Å². The van der Waals surface area contributed by atoms with Gasteiger partial charge >= 0.3 is 0 Å². The van der Waals surface area contributed by atoms with E-state index in [0.29, 0.717) is 12.1 Å². The fourth-order valence-electron chi connectivity index (χ4n) is 3.03. The van der Waals surface area contributed by atoms with Crippen molar-refractivity contribution in [2.45, 2.75) is 31.8 Å². The number of amides is 1. The zero-order chi connectivity index (χ0) is 14.7. The second-order valence-corrected chi connectivity index (χ2v) is 5.70. The number of benzene rings is 1. The van der Waals surface area contributed by atoms with Crippen molar-refractivity contribution in [2.24, 2.45) is 5.92 Å². The lowest BCUT2D eigenvalue weighted by molar-refractivity contribution is 0.0663. The quantitative estimate of drug-likeness (QED) is 0.910. The normalized spacial score (nSPS) is 22.1. The summed E-state index contributed by atoms with van der Waals surface area (Å²) in [4.78, 5) is 16.7. The van der Waals surface area contributed by atoms with Crippen molar-refractivity contribution in [1.29, 1.82) is 0 Å². The van der Waals surface area contributed by atoms with E-state index in [2.05, 4.69) is 10.3 Å². The standard InChI is InChI=1S/C17H20N2O2/c20-15-9-2-1-5-13(15)11-19-17(21)14-8-3-6-12-7-4-10-18-16(12)14/h3-4,6-8,10,13,15,20H,1-2,5,9,11H2,(H,19,21). The van der Waals surface area contributed by atoms with Gasteiger partial charge in [-0.05, 0) is 25.0 Å². The molecular weight excluding hydrogens is 264 g/mol. The van der Waals surface area contributed by atoms with E-state index in [1.165, 1.54) is 0 Å². The van der Waals surface area contributed by atoms with E-state index in [0.717, 1.165) is 36.6 Å². The van der Waals surface area contributed by atoms with E-state index in [9.17, 15) is 9.90 Å². The smallest absolute Gasteiger partial charge is 0.253 e. The summed E-state index contributed by atoms with van der Waals surface area (Å²) in [6, 6.07) is 9.42. The SMILES string of the molecule is O=C(NCC1CCCCC1O)c1cccc2cccnc12. The second-order valence-electron chi connectivity index (χ2n) is 5.70. The van der Waals surface area contributed by atoms with E-state index in [4.69, 9.17) is 0 Å². The molecule has 0 bridgehead atoms. The van der Waals surface area contributed by atoms with Crippen LogP contribution in [0, 0.1) is 5.92 Å². The first kappa shape index (κ1) is 14.0. The molecule has 1 aromatic heterocycles. The van der Waals surface area contributed by atoms with Gasteiger partial charge in [0.2, 0.25) is 0 Å². The van der Waals surface area contributed by atoms with Gasteiger partial charge in [-0.2, -0.15) is 0 Å². The van der Waals surface area contributed by atoms with Crippen molar-refractivity contribution < 1.29 is 9.90 Å². The lowest BCUT2D eigenvalue weighted by Gasteiger charge is -2.27. The molecule has 1 amide bonds. The third kappa shape index (κ3) is 3.05. The van der Waals surface area contributed by atoms with Gasteiger partial charge in [0.05, 0.1) is 17.2 Å². The molecule has 1 aromatic carbocycles. The van der Waals surface area contributed by atoms with Crippen molar-refractivity contribution in [2.75, 3.05) is 6.54 Å². The molecule has 2 unspecified atom stereocenters. The Morgan fingerprint density at radius 2 is 2.05 bits per heavy atom. The molecule has 110 valence electrons. The first-order valence-corrected chi connectivity index (χ1v) is 7.56. The lowest BCUT2D eigenvalue weighted by Crippen LogP contribution is -2.36. The predicted octanol–water partition coefficient (Wildman–Crippen LogP) is 2.52. The summed E-state index contributed by atoms with van der Waals surface area (Å²) in [7, 11) is 0. The maximum atomic E-state index is 12.4. The van der Waals surface area contributed by atoms with E-state index >= 15 is 0 Å². The Hall–Kier alpha value is -1.94. The van der Waals surface area contributed by atoms with Gasteiger partial charge in [-0.15, -0.1) is 0 Å². The molecule has 3 rings (SSSR count). The van der Waals surface area contributed by atoms with Crippen LogP contribution < -0.4 is 5.32 Å². The molecule has 0 spiro atoms. The Bertz CT molecular complexity index is 636. The predicted molar refractivity (Wildman–Crippen MR) is 82.0 cm³/mol. The molecule has 0 saturated heterocycles. The van der Waals surface area contributed by atoms with E-state index in [1.54, 1.807) is 12.3 Å². The first-order valence-electron chi connectivity index (χ1n) is 7.56. The highest BCUT2D eigenvalue weighted by atomic mass is 16.3. The Morgan fingerprint density at radius 3 is 2.90 bits per heavy atom. The van der Waals surface area contributed by atoms with Crippen LogP contribution in [-0.4, -0.2) is 28.6 Å². The third-order valence-corrected chi connectivity index (χ3v) is 4.27. The number of para-hydroxylation sites is 1. The number of aliphatic hydroxyl groups is 1. The van der Waals surface area contributed by atoms with Crippen LogP contribution in [0.5, 0.6) is 0 Å². The van der Waals surface area contributed by atoms with Crippen LogP contribution in [0.3, 0.4) is 0 Å². The van der Waals surface area contributed by atoms with E-state index < -0.39 is 0 Å². The van der Waals surface area contributed by atoms with Gasteiger partial charge in [0.25, 0.3) is 5.91 Å². The van der Waals surface area contributed by atoms with Crippen LogP contribution in [0.1, 0.15) is 36.0 Å². The summed E-state index contributed by atoms with van der Waals surface area (Å²) < 4.78 is 0. The van der Waals surface area contributed by atoms with Crippen molar-refractivity contribution in [3.63, 3.8) is 0 Å². The Labute approximate surface area is 124 Å². The molecule has 4 nitrogen and oxygen atoms in total. The number of rotatable bonds is 3. The minimum absolute atomic E-state index is 0.114. The molecule has 0 aliphatic heterocycles. The Balaban J connectivity index is 1.72. The minimum atomic E-state index is -0.287. The van der Waals surface area contributed by atoms with Crippen LogP contribution in [0.4, 0.5) is 0 Å². The highest BCUT2D eigenvalue weighted by molar-refractivity contribution is 6.05. The Morgan fingerprint density at radius 1 is 1.24 bits per heavy atom. The lowest BCUT2D eigenvalue weighted by atomic mass is 9.86. The Kier molecular flexibility index (Phi) is 4.15. The van der Waals surface area contributed by atoms with Gasteiger partial charge in [-0.25, -0.2) is 0 Å². The molecule has 1 aliphatic rings. The number of aliphatic hydroxyl groups excluding tert-OH is 1. The van der Waals surface area contributed by atoms with Crippen LogP contribution in [0.25, 0.3) is 10.9 Å². The van der Waals surface area contributed by atoms with Crippen molar-refractivity contribution in [1.82, 2.24) is 10.3 Å². The average Bonchev–Trinajstić information content (AvgIpc) is 2.53. The number of carbonyl (C=O) groups excluding carboxylic acids is 1. The summed E-state index contributed by atoms with van der Waals surface area (Å²) in [6.07, 6.45) is 5.45. The van der Waals surface area contributed by atoms with Crippen molar-refractivity contribution in [3.05, 3.63) is 42.1 Å². The molecule has 2 N–H and O–H groups in total. The molecule has 1 saturated carbocycles. The van der Waals surface area contributed by atoms with Crippen LogP contribution >= 0.6 is 0 Å². The number of carbonyl (C=O) groups is 1. The van der Waals surface area contributed by atoms with Crippen LogP contribution in [0.2, 0.25) is 0 Å². The van der Waals surface area contributed by atoms with Crippen LogP contribution in [0.15, 0.2) is 36.5 Å². The highest BCUT2D eigenvalue weighted by Gasteiger charge is 2.23. The zero-order valence-electron chi connectivity index (χ0n) is 12.0. The fraction of sp³-hybridized carbons (Fsp3) is 0.412. The average molecular weight is 284 g/mol. The summed E-state index contributed by atoms with van der Waals surface area (Å²) in [5.74, 6) is 0.0581. The van der Waals surface area contributed by atoms with Gasteiger partial charge in [-0.3, -0.25) is 9.78 Å². The molecule has 21 heavy (non-hydrogen) atoms. The van der Waals surface area contributed by atoms with Gasteiger partial charge < -0.3 is 10.4 Å². The number of aromatic nitrogens is 1. The first-order chi connectivity index (χ1) is 10.3. The summed E-state index contributed by atoms with van der Waals surface area (Å²) in [5, 5.41) is 13.9. The monoisotopic (exact) mass is 284 g/mol. The zero-order valence-corrected chi connectivity index (χ0v) is 12.0. The largest absolute Gasteiger partial charge is 0.393 e. The maximum Gasteiger partial charge on any atom is 0.253 e. The fourth-order valence-corrected chi connectivity index (χ4v) is 3.03. The molecule has 2 aromatic rings. The van der Waals surface area contributed by atoms with E-state index in [1.807, 2.05) is 24.3 Å². The van der Waals surface area contributed by atoms with Gasteiger partial charge in [0.15, 0.2) is 0 Å². The highest BCUT2D eigenvalue weighted by Crippen LogP contribution is 2.24. The second kappa shape index (κ2) is 6.22. The number of nitrogens with one attached hydrogen (secondary N) is 1. The molecule has 0 radical (unpaired) electrons.